The zero-order valence-electron chi connectivity index (χ0n) is 13.9. The van der Waals surface area contributed by atoms with E-state index in [1.54, 1.807) is 0 Å². The molecular weight excluding hydrogens is 389 g/mol. The van der Waals surface area contributed by atoms with E-state index < -0.39 is 21.4 Å². The van der Waals surface area contributed by atoms with Crippen molar-refractivity contribution >= 4 is 21.5 Å². The van der Waals surface area contributed by atoms with Gasteiger partial charge in [-0.2, -0.15) is 26.9 Å². The van der Waals surface area contributed by atoms with Gasteiger partial charge in [0, 0.05) is 26.0 Å². The first-order valence-corrected chi connectivity index (χ1v) is 9.37. The van der Waals surface area contributed by atoms with Crippen LogP contribution in [0.5, 0.6) is 5.75 Å². The van der Waals surface area contributed by atoms with E-state index in [-0.39, 0.29) is 16.9 Å². The highest BCUT2D eigenvalue weighted by Crippen LogP contribution is 2.33. The fraction of sp³-hybridized carbons (Fsp3) is 0.467. The molecule has 146 valence electrons. The van der Waals surface area contributed by atoms with Gasteiger partial charge in [-0.15, -0.1) is 5.10 Å². The normalized spacial score (nSPS) is 16.2. The molecule has 1 fully saturated rings. The third-order valence-electron chi connectivity index (χ3n) is 4.11. The lowest BCUT2D eigenvalue weighted by Gasteiger charge is -2.22. The van der Waals surface area contributed by atoms with E-state index in [1.165, 1.54) is 12.3 Å². The third kappa shape index (κ3) is 3.93. The van der Waals surface area contributed by atoms with E-state index in [0.29, 0.717) is 25.7 Å². The minimum absolute atomic E-state index is 0.102. The van der Waals surface area contributed by atoms with Crippen LogP contribution in [0.4, 0.5) is 19.0 Å². The average molecular weight is 404 g/mol. The number of anilines is 1. The zero-order valence-corrected chi connectivity index (χ0v) is 14.7. The Bertz CT molecular complexity index is 975. The van der Waals surface area contributed by atoms with Crippen LogP contribution in [0.3, 0.4) is 0 Å². The van der Waals surface area contributed by atoms with Gasteiger partial charge >= 0.3 is 15.6 Å². The Hall–Kier alpha value is -2.52. The molecule has 0 bridgehead atoms. The second-order valence-electron chi connectivity index (χ2n) is 5.92. The van der Waals surface area contributed by atoms with Gasteiger partial charge in [-0.3, -0.25) is 0 Å². The minimum atomic E-state index is -5.87. The summed E-state index contributed by atoms with van der Waals surface area (Å²) in [7, 11) is -5.87. The van der Waals surface area contributed by atoms with Crippen molar-refractivity contribution in [2.75, 3.05) is 25.1 Å². The van der Waals surface area contributed by atoms with Crippen molar-refractivity contribution in [3.8, 4) is 11.8 Å². The minimum Gasteiger partial charge on any atom is -0.381 e. The highest BCUT2D eigenvalue weighted by atomic mass is 32.2. The summed E-state index contributed by atoms with van der Waals surface area (Å²) >= 11 is 0. The summed E-state index contributed by atoms with van der Waals surface area (Å²) in [4.78, 5) is 0. The Kier molecular flexibility index (Phi) is 5.16. The summed E-state index contributed by atoms with van der Waals surface area (Å²) in [5.41, 5.74) is -5.85. The van der Waals surface area contributed by atoms with Crippen molar-refractivity contribution in [3.63, 3.8) is 0 Å². The topological polar surface area (TPSA) is 106 Å². The average Bonchev–Trinajstić information content (AvgIpc) is 2.98. The number of aromatic nitrogens is 2. The molecule has 3 heterocycles. The Balaban J connectivity index is 1.93. The van der Waals surface area contributed by atoms with Gasteiger partial charge in [-0.25, -0.2) is 4.52 Å². The van der Waals surface area contributed by atoms with Crippen LogP contribution < -0.4 is 9.50 Å². The Morgan fingerprint density at radius 2 is 2.11 bits per heavy atom. The van der Waals surface area contributed by atoms with Crippen molar-refractivity contribution in [1.29, 1.82) is 5.26 Å². The number of hydrogen-bond donors (Lipinski definition) is 1. The van der Waals surface area contributed by atoms with Crippen molar-refractivity contribution < 1.29 is 30.5 Å². The maximum absolute atomic E-state index is 12.6. The smallest absolute Gasteiger partial charge is 0.381 e. The first kappa shape index (κ1) is 19.2. The van der Waals surface area contributed by atoms with Crippen LogP contribution in [0.1, 0.15) is 18.4 Å². The molecular formula is C15H15F3N4O4S. The molecule has 0 unspecified atom stereocenters. The highest BCUT2D eigenvalue weighted by Gasteiger charge is 2.49. The molecule has 1 saturated heterocycles. The molecule has 2 aromatic rings. The molecule has 8 nitrogen and oxygen atoms in total. The summed E-state index contributed by atoms with van der Waals surface area (Å²) in [5, 5.41) is 16.6. The van der Waals surface area contributed by atoms with Crippen molar-refractivity contribution in [3.05, 3.63) is 23.9 Å². The van der Waals surface area contributed by atoms with Crippen molar-refractivity contribution in [2.24, 2.45) is 5.92 Å². The summed E-state index contributed by atoms with van der Waals surface area (Å²) in [6.07, 6.45) is 3.05. The van der Waals surface area contributed by atoms with E-state index in [1.807, 2.05) is 6.07 Å². The van der Waals surface area contributed by atoms with E-state index in [0.717, 1.165) is 23.4 Å². The van der Waals surface area contributed by atoms with Gasteiger partial charge in [0.15, 0.2) is 11.6 Å². The van der Waals surface area contributed by atoms with Crippen LogP contribution in [-0.4, -0.2) is 43.3 Å². The van der Waals surface area contributed by atoms with Crippen LogP contribution in [0, 0.1) is 17.2 Å². The predicted octanol–water partition coefficient (Wildman–Crippen LogP) is 2.27. The number of nitrogens with one attached hydrogen (secondary N) is 1. The summed E-state index contributed by atoms with van der Waals surface area (Å²) in [5.74, 6) is -0.182. The molecule has 2 aromatic heterocycles. The van der Waals surface area contributed by atoms with E-state index in [2.05, 4.69) is 14.6 Å². The van der Waals surface area contributed by atoms with Gasteiger partial charge in [0.25, 0.3) is 0 Å². The summed E-state index contributed by atoms with van der Waals surface area (Å²) < 4.78 is 71.1. The maximum atomic E-state index is 12.6. The Morgan fingerprint density at radius 3 is 2.74 bits per heavy atom. The first-order chi connectivity index (χ1) is 12.7. The largest absolute Gasteiger partial charge is 0.534 e. The van der Waals surface area contributed by atoms with E-state index >= 15 is 0 Å². The predicted molar refractivity (Wildman–Crippen MR) is 87.5 cm³/mol. The molecule has 0 amide bonds. The lowest BCUT2D eigenvalue weighted by atomic mass is 10.0. The molecule has 1 N–H and O–H groups in total. The van der Waals surface area contributed by atoms with Crippen LogP contribution in [0.15, 0.2) is 18.3 Å². The number of hydrogen-bond acceptors (Lipinski definition) is 7. The quantitative estimate of drug-likeness (QED) is 0.602. The molecule has 0 aromatic carbocycles. The van der Waals surface area contributed by atoms with Crippen LogP contribution >= 0.6 is 0 Å². The van der Waals surface area contributed by atoms with Crippen LogP contribution in [0.25, 0.3) is 5.52 Å². The van der Waals surface area contributed by atoms with E-state index in [4.69, 9.17) is 4.74 Å². The fourth-order valence-corrected chi connectivity index (χ4v) is 3.19. The lowest BCUT2D eigenvalue weighted by molar-refractivity contribution is -0.0499. The standard InChI is InChI=1S/C15H15F3N4O4S/c16-15(17,18)27(23,24)26-12-2-1-5-22-13(12)11(8-19)14(21-22)20-9-10-3-6-25-7-4-10/h1-2,5,10H,3-4,6-7,9H2,(H,20,21). The Labute approximate surface area is 152 Å². The summed E-state index contributed by atoms with van der Waals surface area (Å²) in [6, 6.07) is 4.14. The van der Waals surface area contributed by atoms with Crippen LogP contribution in [0.2, 0.25) is 0 Å². The van der Waals surface area contributed by atoms with Gasteiger partial charge in [-0.05, 0) is 30.9 Å². The second kappa shape index (κ2) is 7.24. The molecule has 12 heteroatoms. The number of ether oxygens (including phenoxy) is 1. The maximum Gasteiger partial charge on any atom is 0.534 e. The molecule has 3 rings (SSSR count). The molecule has 0 radical (unpaired) electrons. The number of fused-ring (bicyclic) bond motifs is 1. The number of pyridine rings is 1. The molecule has 0 aliphatic carbocycles. The number of alkyl halides is 3. The first-order valence-electron chi connectivity index (χ1n) is 7.97. The number of nitrogens with zero attached hydrogens (tertiary/aromatic N) is 3. The number of halogens is 3. The second-order valence-corrected chi connectivity index (χ2v) is 7.46. The third-order valence-corrected chi connectivity index (χ3v) is 5.08. The Morgan fingerprint density at radius 1 is 1.41 bits per heavy atom. The molecule has 1 aliphatic heterocycles. The van der Waals surface area contributed by atoms with Crippen molar-refractivity contribution in [1.82, 2.24) is 9.61 Å². The van der Waals surface area contributed by atoms with Gasteiger partial charge < -0.3 is 14.2 Å². The van der Waals surface area contributed by atoms with E-state index in [9.17, 15) is 26.9 Å². The van der Waals surface area contributed by atoms with Gasteiger partial charge in [-0.1, -0.05) is 0 Å². The molecule has 0 saturated carbocycles. The van der Waals surface area contributed by atoms with Gasteiger partial charge in [0.05, 0.1) is 0 Å². The van der Waals surface area contributed by atoms with Gasteiger partial charge in [0.1, 0.15) is 17.1 Å². The van der Waals surface area contributed by atoms with Gasteiger partial charge in [0.2, 0.25) is 0 Å². The molecule has 0 atom stereocenters. The lowest BCUT2D eigenvalue weighted by Crippen LogP contribution is -2.28. The number of nitriles is 1. The SMILES string of the molecule is N#Cc1c(NCC2CCOCC2)nn2cccc(OS(=O)(=O)C(F)(F)F)c12. The summed E-state index contributed by atoms with van der Waals surface area (Å²) in [6.45, 7) is 1.77. The molecule has 27 heavy (non-hydrogen) atoms. The van der Waals surface area contributed by atoms with Crippen molar-refractivity contribution in [2.45, 2.75) is 18.3 Å². The highest BCUT2D eigenvalue weighted by molar-refractivity contribution is 7.88. The monoisotopic (exact) mass is 404 g/mol. The van der Waals surface area contributed by atoms with Crippen LogP contribution in [-0.2, 0) is 14.9 Å². The molecule has 0 spiro atoms. The zero-order chi connectivity index (χ0) is 19.7. The fourth-order valence-electron chi connectivity index (χ4n) is 2.72. The molecule has 1 aliphatic rings. The number of rotatable bonds is 5.